The van der Waals surface area contributed by atoms with E-state index in [0.717, 1.165) is 12.8 Å². The Kier molecular flexibility index (Phi) is 5.44. The molecule has 1 fully saturated rings. The molecule has 2 N–H and O–H groups in total. The van der Waals surface area contributed by atoms with Gasteiger partial charge in [0.15, 0.2) is 10.9 Å². The van der Waals surface area contributed by atoms with Crippen LogP contribution in [0.25, 0.3) is 0 Å². The molecule has 112 valence electrons. The average Bonchev–Trinajstić information content (AvgIpc) is 2.91. The van der Waals surface area contributed by atoms with Gasteiger partial charge in [0.2, 0.25) is 5.91 Å². The molecule has 1 amide bonds. The van der Waals surface area contributed by atoms with Crippen LogP contribution in [0.3, 0.4) is 0 Å². The summed E-state index contributed by atoms with van der Waals surface area (Å²) in [5, 5.41) is 5.92. The maximum absolute atomic E-state index is 11.9. The highest BCUT2D eigenvalue weighted by atomic mass is 32.1. The first-order valence-corrected chi connectivity index (χ1v) is 7.67. The lowest BCUT2D eigenvalue weighted by Crippen LogP contribution is -2.34. The molecule has 0 atom stereocenters. The highest BCUT2D eigenvalue weighted by Crippen LogP contribution is 2.27. The first-order valence-electron chi connectivity index (χ1n) is 7.26. The molecule has 1 saturated carbocycles. The summed E-state index contributed by atoms with van der Waals surface area (Å²) in [7, 11) is 0. The van der Waals surface area contributed by atoms with Crippen molar-refractivity contribution >= 4 is 34.7 Å². The van der Waals surface area contributed by atoms with Gasteiger partial charge in [0.1, 0.15) is 0 Å². The van der Waals surface area contributed by atoms with E-state index < -0.39 is 0 Å². The molecule has 1 aromatic rings. The summed E-state index contributed by atoms with van der Waals surface area (Å²) < 4.78 is 0. The van der Waals surface area contributed by atoms with Gasteiger partial charge in [-0.25, -0.2) is 0 Å². The summed E-state index contributed by atoms with van der Waals surface area (Å²) in [6.45, 7) is 1.51. The van der Waals surface area contributed by atoms with Gasteiger partial charge >= 0.3 is 0 Å². The molecule has 5 heteroatoms. The zero-order valence-electron chi connectivity index (χ0n) is 12.1. The lowest BCUT2D eigenvalue weighted by atomic mass is 10.0. The molecule has 1 aromatic carbocycles. The molecule has 0 unspecified atom stereocenters. The molecule has 0 heterocycles. The van der Waals surface area contributed by atoms with Crippen molar-refractivity contribution < 1.29 is 9.59 Å². The normalized spacial score (nSPS) is 14.7. The van der Waals surface area contributed by atoms with Crippen molar-refractivity contribution in [3.8, 4) is 0 Å². The first kappa shape index (κ1) is 15.6. The van der Waals surface area contributed by atoms with E-state index in [2.05, 4.69) is 10.6 Å². The van der Waals surface area contributed by atoms with Gasteiger partial charge in [0.25, 0.3) is 0 Å². The fourth-order valence-electron chi connectivity index (χ4n) is 2.63. The van der Waals surface area contributed by atoms with Crippen LogP contribution in [0.5, 0.6) is 0 Å². The van der Waals surface area contributed by atoms with Crippen molar-refractivity contribution in [2.45, 2.75) is 39.0 Å². The van der Waals surface area contributed by atoms with Crippen molar-refractivity contribution in [1.29, 1.82) is 0 Å². The van der Waals surface area contributed by atoms with E-state index in [4.69, 9.17) is 12.2 Å². The Hall–Kier alpha value is -1.75. The number of carbonyl (C=O) groups excluding carboxylic acids is 2. The molecule has 4 nitrogen and oxygen atoms in total. The number of ketones is 1. The van der Waals surface area contributed by atoms with Crippen LogP contribution in [0.2, 0.25) is 0 Å². The third kappa shape index (κ3) is 4.93. The molecule has 0 aliphatic heterocycles. The Morgan fingerprint density at radius 3 is 2.67 bits per heavy atom. The van der Waals surface area contributed by atoms with Crippen LogP contribution in [0.15, 0.2) is 24.3 Å². The van der Waals surface area contributed by atoms with Gasteiger partial charge < -0.3 is 10.6 Å². The second-order valence-electron chi connectivity index (χ2n) is 5.49. The van der Waals surface area contributed by atoms with Crippen LogP contribution in [-0.2, 0) is 4.79 Å². The van der Waals surface area contributed by atoms with Crippen molar-refractivity contribution in [3.05, 3.63) is 29.8 Å². The molecular formula is C16H20N2O2S. The smallest absolute Gasteiger partial charge is 0.226 e. The number of benzene rings is 1. The van der Waals surface area contributed by atoms with E-state index in [1.165, 1.54) is 19.8 Å². The maximum Gasteiger partial charge on any atom is 0.226 e. The molecule has 0 aromatic heterocycles. The number of hydrogen-bond donors (Lipinski definition) is 2. The second-order valence-corrected chi connectivity index (χ2v) is 5.90. The molecule has 0 saturated heterocycles. The highest BCUT2D eigenvalue weighted by molar-refractivity contribution is 7.80. The quantitative estimate of drug-likeness (QED) is 0.662. The molecule has 0 bridgehead atoms. The minimum absolute atomic E-state index is 0.00478. The fraction of sp³-hybridized carbons (Fsp3) is 0.438. The molecule has 1 aliphatic carbocycles. The molecule has 0 radical (unpaired) electrons. The van der Waals surface area contributed by atoms with Crippen molar-refractivity contribution in [1.82, 2.24) is 5.32 Å². The van der Waals surface area contributed by atoms with E-state index in [1.807, 2.05) is 6.07 Å². The predicted molar refractivity (Wildman–Crippen MR) is 87.4 cm³/mol. The van der Waals surface area contributed by atoms with Crippen molar-refractivity contribution in [2.75, 3.05) is 5.32 Å². The number of anilines is 1. The van der Waals surface area contributed by atoms with Gasteiger partial charge in [-0.05, 0) is 50.0 Å². The minimum atomic E-state index is -0.0397. The number of amides is 1. The average molecular weight is 304 g/mol. The Labute approximate surface area is 130 Å². The molecule has 1 aliphatic rings. The van der Waals surface area contributed by atoms with E-state index >= 15 is 0 Å². The molecule has 2 rings (SSSR count). The maximum atomic E-state index is 11.9. The molecular weight excluding hydrogens is 284 g/mol. The zero-order chi connectivity index (χ0) is 15.2. The van der Waals surface area contributed by atoms with Crippen LogP contribution in [-0.4, -0.2) is 16.8 Å². The number of thiocarbonyl (C=S) groups is 1. The molecule has 21 heavy (non-hydrogen) atoms. The van der Waals surface area contributed by atoms with Gasteiger partial charge in [-0.1, -0.05) is 25.0 Å². The third-order valence-electron chi connectivity index (χ3n) is 3.73. The number of carbonyl (C=O) groups is 2. The molecule has 0 spiro atoms. The SMILES string of the molecule is CC(=O)c1cccc(NC(=S)NC(=O)CC2CCCC2)c1. The Morgan fingerprint density at radius 2 is 2.00 bits per heavy atom. The fourth-order valence-corrected chi connectivity index (χ4v) is 2.86. The lowest BCUT2D eigenvalue weighted by molar-refractivity contribution is -0.120. The van der Waals surface area contributed by atoms with Crippen LogP contribution < -0.4 is 10.6 Å². The summed E-state index contributed by atoms with van der Waals surface area (Å²) >= 11 is 5.13. The number of hydrogen-bond acceptors (Lipinski definition) is 3. The Bertz CT molecular complexity index is 551. The second kappa shape index (κ2) is 7.31. The topological polar surface area (TPSA) is 58.2 Å². The number of rotatable bonds is 4. The third-order valence-corrected chi connectivity index (χ3v) is 3.93. The van der Waals surface area contributed by atoms with Gasteiger partial charge in [-0.15, -0.1) is 0 Å². The summed E-state index contributed by atoms with van der Waals surface area (Å²) in [4.78, 5) is 23.2. The van der Waals surface area contributed by atoms with Gasteiger partial charge in [0.05, 0.1) is 0 Å². The van der Waals surface area contributed by atoms with Crippen LogP contribution in [0.1, 0.15) is 49.4 Å². The Morgan fingerprint density at radius 1 is 1.29 bits per heavy atom. The van der Waals surface area contributed by atoms with Crippen molar-refractivity contribution in [2.24, 2.45) is 5.92 Å². The Balaban J connectivity index is 1.84. The van der Waals surface area contributed by atoms with Crippen LogP contribution in [0.4, 0.5) is 5.69 Å². The van der Waals surface area contributed by atoms with Gasteiger partial charge in [0, 0.05) is 17.7 Å². The van der Waals surface area contributed by atoms with Crippen LogP contribution in [0, 0.1) is 5.92 Å². The van der Waals surface area contributed by atoms with Crippen LogP contribution >= 0.6 is 12.2 Å². The van der Waals surface area contributed by atoms with Crippen molar-refractivity contribution in [3.63, 3.8) is 0 Å². The van der Waals surface area contributed by atoms with E-state index in [1.54, 1.807) is 18.2 Å². The predicted octanol–water partition coefficient (Wildman–Crippen LogP) is 3.28. The lowest BCUT2D eigenvalue weighted by Gasteiger charge is -2.12. The summed E-state index contributed by atoms with van der Waals surface area (Å²) in [5.41, 5.74) is 1.31. The van der Waals surface area contributed by atoms with E-state index in [9.17, 15) is 9.59 Å². The summed E-state index contributed by atoms with van der Waals surface area (Å²) in [5.74, 6) is 0.450. The van der Waals surface area contributed by atoms with E-state index in [-0.39, 0.29) is 16.8 Å². The minimum Gasteiger partial charge on any atom is -0.332 e. The number of nitrogens with one attached hydrogen (secondary N) is 2. The van der Waals surface area contributed by atoms with Gasteiger partial charge in [-0.2, -0.15) is 0 Å². The largest absolute Gasteiger partial charge is 0.332 e. The monoisotopic (exact) mass is 304 g/mol. The summed E-state index contributed by atoms with van der Waals surface area (Å²) in [6.07, 6.45) is 5.24. The summed E-state index contributed by atoms with van der Waals surface area (Å²) in [6, 6.07) is 7.05. The standard InChI is InChI=1S/C16H20N2O2S/c1-11(19)13-7-4-8-14(10-13)17-16(21)18-15(20)9-12-5-2-3-6-12/h4,7-8,10,12H,2-3,5-6,9H2,1H3,(H2,17,18,20,21). The van der Waals surface area contributed by atoms with Gasteiger partial charge in [-0.3, -0.25) is 9.59 Å². The first-order chi connectivity index (χ1) is 10.0. The highest BCUT2D eigenvalue weighted by Gasteiger charge is 2.18. The van der Waals surface area contributed by atoms with E-state index in [0.29, 0.717) is 23.6 Å². The number of Topliss-reactive ketones (excluding diaryl/α,β-unsaturated/α-hetero) is 1. The zero-order valence-corrected chi connectivity index (χ0v) is 13.0.